The van der Waals surface area contributed by atoms with Crippen LogP contribution < -0.4 is 10.7 Å². The fraction of sp³-hybridized carbons (Fsp3) is 0.0500. The summed E-state index contributed by atoms with van der Waals surface area (Å²) in [6.07, 6.45) is 1.41. The molecule has 0 radical (unpaired) electrons. The van der Waals surface area contributed by atoms with E-state index in [-0.39, 0.29) is 5.91 Å². The van der Waals surface area contributed by atoms with Crippen molar-refractivity contribution in [2.24, 2.45) is 5.10 Å². The maximum absolute atomic E-state index is 12.4. The molecule has 2 amide bonds. The van der Waals surface area contributed by atoms with Gasteiger partial charge in [-0.15, -0.1) is 0 Å². The third-order valence-electron chi connectivity index (χ3n) is 3.63. The molecule has 6 nitrogen and oxygen atoms in total. The van der Waals surface area contributed by atoms with Gasteiger partial charge in [0, 0.05) is 10.0 Å². The maximum Gasteiger partial charge on any atom is 0.273 e. The van der Waals surface area contributed by atoms with Crippen molar-refractivity contribution in [3.05, 3.63) is 87.8 Å². The quantitative estimate of drug-likeness (QED) is 0.470. The Labute approximate surface area is 164 Å². The van der Waals surface area contributed by atoms with Crippen molar-refractivity contribution in [2.45, 2.75) is 6.92 Å². The van der Waals surface area contributed by atoms with Gasteiger partial charge in [0.2, 0.25) is 0 Å². The highest BCUT2D eigenvalue weighted by Gasteiger charge is 2.14. The number of hydrogen-bond acceptors (Lipinski definition) is 4. The van der Waals surface area contributed by atoms with Crippen molar-refractivity contribution < 1.29 is 14.0 Å². The Kier molecular flexibility index (Phi) is 5.83. The Balaban J connectivity index is 1.72. The molecule has 136 valence electrons. The fourth-order valence-electron chi connectivity index (χ4n) is 2.35. The lowest BCUT2D eigenvalue weighted by Crippen LogP contribution is -2.21. The SMILES string of the molecule is Cc1ccc(C=NNC(=O)c2ccccc2NC(=O)c2cccc(Br)c2)o1. The van der Waals surface area contributed by atoms with Crippen LogP contribution in [0, 0.1) is 6.92 Å². The number of para-hydroxylation sites is 1. The van der Waals surface area contributed by atoms with E-state index in [2.05, 4.69) is 31.8 Å². The lowest BCUT2D eigenvalue weighted by molar-refractivity contribution is 0.0956. The normalized spacial score (nSPS) is 10.7. The molecule has 1 aromatic heterocycles. The van der Waals surface area contributed by atoms with E-state index in [1.807, 2.05) is 13.0 Å². The van der Waals surface area contributed by atoms with E-state index < -0.39 is 5.91 Å². The van der Waals surface area contributed by atoms with Gasteiger partial charge in [-0.1, -0.05) is 34.1 Å². The van der Waals surface area contributed by atoms with Crippen LogP contribution in [0.2, 0.25) is 0 Å². The number of rotatable bonds is 5. The summed E-state index contributed by atoms with van der Waals surface area (Å²) in [5, 5.41) is 6.64. The molecule has 0 spiro atoms. The zero-order chi connectivity index (χ0) is 19.2. The highest BCUT2D eigenvalue weighted by molar-refractivity contribution is 9.10. The van der Waals surface area contributed by atoms with Gasteiger partial charge in [-0.05, 0) is 49.4 Å². The first-order valence-corrected chi connectivity index (χ1v) is 8.88. The number of anilines is 1. The zero-order valence-electron chi connectivity index (χ0n) is 14.4. The van der Waals surface area contributed by atoms with E-state index in [0.717, 1.165) is 10.2 Å². The molecule has 0 atom stereocenters. The van der Waals surface area contributed by atoms with Gasteiger partial charge in [-0.25, -0.2) is 5.43 Å². The van der Waals surface area contributed by atoms with E-state index in [0.29, 0.717) is 22.6 Å². The first kappa shape index (κ1) is 18.6. The van der Waals surface area contributed by atoms with Crippen LogP contribution in [-0.4, -0.2) is 18.0 Å². The average molecular weight is 426 g/mol. The van der Waals surface area contributed by atoms with Crippen LogP contribution >= 0.6 is 15.9 Å². The highest BCUT2D eigenvalue weighted by Crippen LogP contribution is 2.18. The summed E-state index contributed by atoms with van der Waals surface area (Å²) in [7, 11) is 0. The van der Waals surface area contributed by atoms with Crippen molar-refractivity contribution in [3.8, 4) is 0 Å². The summed E-state index contributed by atoms with van der Waals surface area (Å²) in [5.74, 6) is 0.526. The molecule has 1 heterocycles. The molecular weight excluding hydrogens is 410 g/mol. The second kappa shape index (κ2) is 8.46. The Bertz CT molecular complexity index is 1010. The zero-order valence-corrected chi connectivity index (χ0v) is 16.0. The molecule has 0 fully saturated rings. The molecule has 27 heavy (non-hydrogen) atoms. The fourth-order valence-corrected chi connectivity index (χ4v) is 2.75. The molecule has 2 N–H and O–H groups in total. The van der Waals surface area contributed by atoms with Gasteiger partial charge in [0.1, 0.15) is 11.5 Å². The third kappa shape index (κ3) is 4.92. The summed E-state index contributed by atoms with van der Waals surface area (Å²) in [4.78, 5) is 24.9. The van der Waals surface area contributed by atoms with Gasteiger partial charge in [0.25, 0.3) is 11.8 Å². The lowest BCUT2D eigenvalue weighted by Gasteiger charge is -2.10. The number of furan rings is 1. The second-order valence-corrected chi connectivity index (χ2v) is 6.57. The van der Waals surface area contributed by atoms with E-state index in [1.54, 1.807) is 54.6 Å². The predicted octanol–water partition coefficient (Wildman–Crippen LogP) is 4.37. The monoisotopic (exact) mass is 425 g/mol. The van der Waals surface area contributed by atoms with Gasteiger partial charge in [0.05, 0.1) is 17.5 Å². The van der Waals surface area contributed by atoms with Crippen LogP contribution in [-0.2, 0) is 0 Å². The number of halogens is 1. The van der Waals surface area contributed by atoms with E-state index in [9.17, 15) is 9.59 Å². The van der Waals surface area contributed by atoms with Crippen LogP contribution in [0.25, 0.3) is 0 Å². The molecule has 0 aliphatic heterocycles. The summed E-state index contributed by atoms with van der Waals surface area (Å²) in [6.45, 7) is 1.82. The number of amides is 2. The molecule has 0 aliphatic carbocycles. The van der Waals surface area contributed by atoms with Crippen LogP contribution in [0.4, 0.5) is 5.69 Å². The van der Waals surface area contributed by atoms with Gasteiger partial charge >= 0.3 is 0 Å². The van der Waals surface area contributed by atoms with Crippen molar-refractivity contribution in [1.82, 2.24) is 5.43 Å². The first-order valence-electron chi connectivity index (χ1n) is 8.09. The minimum Gasteiger partial charge on any atom is -0.460 e. The molecule has 0 saturated carbocycles. The maximum atomic E-state index is 12.4. The number of nitrogens with zero attached hydrogens (tertiary/aromatic N) is 1. The van der Waals surface area contributed by atoms with Gasteiger partial charge < -0.3 is 9.73 Å². The van der Waals surface area contributed by atoms with Gasteiger partial charge in [-0.2, -0.15) is 5.10 Å². The van der Waals surface area contributed by atoms with Gasteiger partial charge in [-0.3, -0.25) is 9.59 Å². The van der Waals surface area contributed by atoms with Crippen molar-refractivity contribution in [1.29, 1.82) is 0 Å². The number of benzene rings is 2. The summed E-state index contributed by atoms with van der Waals surface area (Å²) < 4.78 is 6.14. The molecule has 7 heteroatoms. The van der Waals surface area contributed by atoms with Crippen molar-refractivity contribution in [2.75, 3.05) is 5.32 Å². The Hall–Kier alpha value is -3.19. The first-order chi connectivity index (χ1) is 13.0. The number of carbonyl (C=O) groups excluding carboxylic acids is 2. The summed E-state index contributed by atoms with van der Waals surface area (Å²) in [5.41, 5.74) is 3.60. The number of hydrazone groups is 1. The standard InChI is InChI=1S/C20H16BrN3O3/c1-13-9-10-16(27-13)12-22-24-20(26)17-7-2-3-8-18(17)23-19(25)14-5-4-6-15(21)11-14/h2-12H,1H3,(H,23,25)(H,24,26). The molecule has 3 rings (SSSR count). The predicted molar refractivity (Wildman–Crippen MR) is 107 cm³/mol. The van der Waals surface area contributed by atoms with Crippen LogP contribution in [0.5, 0.6) is 0 Å². The minimum absolute atomic E-state index is 0.300. The van der Waals surface area contributed by atoms with E-state index in [4.69, 9.17) is 4.42 Å². The minimum atomic E-state index is -0.445. The average Bonchev–Trinajstić information content (AvgIpc) is 3.07. The van der Waals surface area contributed by atoms with Gasteiger partial charge in [0.15, 0.2) is 0 Å². The van der Waals surface area contributed by atoms with E-state index in [1.165, 1.54) is 6.21 Å². The lowest BCUT2D eigenvalue weighted by atomic mass is 10.1. The molecule has 0 unspecified atom stereocenters. The topological polar surface area (TPSA) is 83.7 Å². The molecule has 2 aromatic carbocycles. The van der Waals surface area contributed by atoms with E-state index >= 15 is 0 Å². The summed E-state index contributed by atoms with van der Waals surface area (Å²) >= 11 is 3.34. The second-order valence-electron chi connectivity index (χ2n) is 5.66. The van der Waals surface area contributed by atoms with Crippen molar-refractivity contribution >= 4 is 39.6 Å². The van der Waals surface area contributed by atoms with Crippen molar-refractivity contribution in [3.63, 3.8) is 0 Å². The third-order valence-corrected chi connectivity index (χ3v) is 4.12. The molecule has 0 saturated heterocycles. The number of aryl methyl sites for hydroxylation is 1. The largest absolute Gasteiger partial charge is 0.460 e. The Morgan fingerprint density at radius 3 is 2.59 bits per heavy atom. The Morgan fingerprint density at radius 2 is 1.85 bits per heavy atom. The van der Waals surface area contributed by atoms with Crippen LogP contribution in [0.15, 0.2) is 74.7 Å². The number of carbonyl (C=O) groups is 2. The molecule has 3 aromatic rings. The Morgan fingerprint density at radius 1 is 1.04 bits per heavy atom. The summed E-state index contributed by atoms with van der Waals surface area (Å²) in [6, 6.07) is 17.3. The van der Waals surface area contributed by atoms with Crippen LogP contribution in [0.3, 0.4) is 0 Å². The highest BCUT2D eigenvalue weighted by atomic mass is 79.9. The number of nitrogens with one attached hydrogen (secondary N) is 2. The number of hydrogen-bond donors (Lipinski definition) is 2. The van der Waals surface area contributed by atoms with Crippen LogP contribution in [0.1, 0.15) is 32.2 Å². The molecule has 0 bridgehead atoms. The molecular formula is C20H16BrN3O3. The molecule has 0 aliphatic rings. The smallest absolute Gasteiger partial charge is 0.273 e.